The lowest BCUT2D eigenvalue weighted by atomic mass is 10.1. The van der Waals surface area contributed by atoms with Gasteiger partial charge in [-0.3, -0.25) is 9.10 Å². The quantitative estimate of drug-likeness (QED) is 0.458. The van der Waals surface area contributed by atoms with Crippen molar-refractivity contribution in [1.29, 1.82) is 0 Å². The first-order chi connectivity index (χ1) is 14.4. The predicted molar refractivity (Wildman–Crippen MR) is 119 cm³/mol. The van der Waals surface area contributed by atoms with E-state index >= 15 is 0 Å². The fourth-order valence-electron chi connectivity index (χ4n) is 2.87. The van der Waals surface area contributed by atoms with Gasteiger partial charge < -0.3 is 0 Å². The van der Waals surface area contributed by atoms with Crippen molar-refractivity contribution >= 4 is 27.3 Å². The minimum Gasteiger partial charge on any atom is -0.267 e. The minimum absolute atomic E-state index is 0.0818. The Morgan fingerprint density at radius 3 is 2.07 bits per heavy atom. The highest BCUT2D eigenvalue weighted by Crippen LogP contribution is 2.29. The lowest BCUT2D eigenvalue weighted by Gasteiger charge is -2.26. The zero-order chi connectivity index (χ0) is 21.6. The second kappa shape index (κ2) is 9.37. The number of para-hydroxylation sites is 1. The number of sulfonamides is 1. The normalized spacial score (nSPS) is 10.9. The largest absolute Gasteiger partial charge is 0.273 e. The van der Waals surface area contributed by atoms with Crippen molar-refractivity contribution < 1.29 is 13.2 Å². The van der Waals surface area contributed by atoms with Crippen LogP contribution in [0.15, 0.2) is 94.9 Å². The zero-order valence-corrected chi connectivity index (χ0v) is 17.6. The Labute approximate surface area is 176 Å². The second-order valence-corrected chi connectivity index (χ2v) is 8.69. The Morgan fingerprint density at radius 2 is 1.43 bits per heavy atom. The molecular formula is C23H23N3O3S. The maximum Gasteiger partial charge on any atom is 0.273 e. The molecule has 3 aromatic carbocycles. The third-order valence-electron chi connectivity index (χ3n) is 4.30. The van der Waals surface area contributed by atoms with Crippen molar-refractivity contribution in [3.8, 4) is 0 Å². The molecule has 3 rings (SSSR count). The van der Waals surface area contributed by atoms with E-state index in [0.717, 1.165) is 5.56 Å². The molecule has 154 valence electrons. The minimum atomic E-state index is -3.92. The number of carbonyl (C=O) groups is 1. The summed E-state index contributed by atoms with van der Waals surface area (Å²) in [6.45, 7) is 3.60. The maximum atomic E-state index is 13.5. The van der Waals surface area contributed by atoms with Crippen LogP contribution in [0.3, 0.4) is 0 Å². The summed E-state index contributed by atoms with van der Waals surface area (Å²) in [5, 5.41) is 3.95. The fraction of sp³-hybridized carbons (Fsp3) is 0.130. The third kappa shape index (κ3) is 4.93. The molecule has 0 aliphatic carbocycles. The second-order valence-electron chi connectivity index (χ2n) is 6.83. The number of nitrogens with zero attached hydrogens (tertiary/aromatic N) is 2. The Bertz CT molecular complexity index is 1140. The molecule has 0 aromatic heterocycles. The molecule has 0 fully saturated rings. The Hall–Kier alpha value is -3.45. The van der Waals surface area contributed by atoms with Gasteiger partial charge in [-0.15, -0.1) is 0 Å². The van der Waals surface area contributed by atoms with Gasteiger partial charge in [0.15, 0.2) is 0 Å². The molecule has 0 saturated carbocycles. The molecule has 0 aliphatic rings. The summed E-state index contributed by atoms with van der Waals surface area (Å²) in [6, 6.07) is 24.1. The lowest BCUT2D eigenvalue weighted by molar-refractivity contribution is 0.0955. The monoisotopic (exact) mass is 421 g/mol. The number of rotatable bonds is 7. The summed E-state index contributed by atoms with van der Waals surface area (Å²) in [4.78, 5) is 12.9. The van der Waals surface area contributed by atoms with E-state index in [1.165, 1.54) is 4.31 Å². The van der Waals surface area contributed by atoms with E-state index < -0.39 is 15.9 Å². The van der Waals surface area contributed by atoms with Gasteiger partial charge in [0.1, 0.15) is 0 Å². The SMILES string of the molecule is CC(C)=NNC(=O)c1ccccc1N(Cc1ccccc1)S(=O)(=O)c1ccccc1. The van der Waals surface area contributed by atoms with Gasteiger partial charge in [0.25, 0.3) is 15.9 Å². The molecule has 0 bridgehead atoms. The number of benzene rings is 3. The van der Waals surface area contributed by atoms with Crippen LogP contribution < -0.4 is 9.73 Å². The molecule has 7 heteroatoms. The summed E-state index contributed by atoms with van der Waals surface area (Å²) in [6.07, 6.45) is 0. The van der Waals surface area contributed by atoms with Gasteiger partial charge in [0.2, 0.25) is 0 Å². The molecule has 1 amide bonds. The number of anilines is 1. The van der Waals surface area contributed by atoms with Gasteiger partial charge in [-0.2, -0.15) is 5.10 Å². The number of hydrazone groups is 1. The van der Waals surface area contributed by atoms with Crippen molar-refractivity contribution in [3.05, 3.63) is 96.1 Å². The van der Waals surface area contributed by atoms with E-state index in [2.05, 4.69) is 10.5 Å². The van der Waals surface area contributed by atoms with Gasteiger partial charge in [-0.1, -0.05) is 60.7 Å². The summed E-state index contributed by atoms with van der Waals surface area (Å²) in [7, 11) is -3.92. The standard InChI is InChI=1S/C23H23N3O3S/c1-18(2)24-25-23(27)21-15-9-10-16-22(21)26(17-19-11-5-3-6-12-19)30(28,29)20-13-7-4-8-14-20/h3-16H,17H2,1-2H3,(H,25,27). The summed E-state index contributed by atoms with van der Waals surface area (Å²) in [5.41, 5.74) is 4.46. The van der Waals surface area contributed by atoms with Crippen LogP contribution in [0.2, 0.25) is 0 Å². The van der Waals surface area contributed by atoms with Crippen molar-refractivity contribution in [3.63, 3.8) is 0 Å². The summed E-state index contributed by atoms with van der Waals surface area (Å²) >= 11 is 0. The number of hydrogen-bond donors (Lipinski definition) is 1. The van der Waals surface area contributed by atoms with Gasteiger partial charge in [0.05, 0.1) is 22.7 Å². The lowest BCUT2D eigenvalue weighted by Crippen LogP contribution is -2.33. The first kappa shape index (κ1) is 21.3. The van der Waals surface area contributed by atoms with E-state index in [4.69, 9.17) is 0 Å². The molecule has 0 aliphatic heterocycles. The number of nitrogens with one attached hydrogen (secondary N) is 1. The van der Waals surface area contributed by atoms with E-state index in [0.29, 0.717) is 5.71 Å². The van der Waals surface area contributed by atoms with Crippen LogP contribution in [0.1, 0.15) is 29.8 Å². The van der Waals surface area contributed by atoms with Crippen LogP contribution in [0.4, 0.5) is 5.69 Å². The van der Waals surface area contributed by atoms with E-state index in [9.17, 15) is 13.2 Å². The van der Waals surface area contributed by atoms with Crippen molar-refractivity contribution in [1.82, 2.24) is 5.43 Å². The molecule has 0 heterocycles. The smallest absolute Gasteiger partial charge is 0.267 e. The average Bonchev–Trinajstić information content (AvgIpc) is 2.77. The predicted octanol–water partition coefficient (Wildman–Crippen LogP) is 4.21. The molecule has 1 N–H and O–H groups in total. The van der Waals surface area contributed by atoms with Gasteiger partial charge in [-0.05, 0) is 43.7 Å². The Balaban J connectivity index is 2.12. The molecule has 0 radical (unpaired) electrons. The number of hydrogen-bond acceptors (Lipinski definition) is 4. The maximum absolute atomic E-state index is 13.5. The summed E-state index contributed by atoms with van der Waals surface area (Å²) < 4.78 is 28.3. The zero-order valence-electron chi connectivity index (χ0n) is 16.8. The molecular weight excluding hydrogens is 398 g/mol. The van der Waals surface area contributed by atoms with Crippen molar-refractivity contribution in [2.24, 2.45) is 5.10 Å². The Morgan fingerprint density at radius 1 is 0.867 bits per heavy atom. The van der Waals surface area contributed by atoms with E-state index in [1.807, 2.05) is 30.3 Å². The fourth-order valence-corrected chi connectivity index (χ4v) is 4.37. The van der Waals surface area contributed by atoms with Crippen molar-refractivity contribution in [2.75, 3.05) is 4.31 Å². The number of carbonyl (C=O) groups excluding carboxylic acids is 1. The highest BCUT2D eigenvalue weighted by atomic mass is 32.2. The average molecular weight is 422 g/mol. The first-order valence-corrected chi connectivity index (χ1v) is 10.9. The van der Waals surface area contributed by atoms with Crippen LogP contribution in [0.5, 0.6) is 0 Å². The topological polar surface area (TPSA) is 78.8 Å². The van der Waals surface area contributed by atoms with Gasteiger partial charge in [-0.25, -0.2) is 13.8 Å². The van der Waals surface area contributed by atoms with Crippen LogP contribution in [0.25, 0.3) is 0 Å². The molecule has 0 saturated heterocycles. The highest BCUT2D eigenvalue weighted by Gasteiger charge is 2.28. The molecule has 0 atom stereocenters. The van der Waals surface area contributed by atoms with Crippen molar-refractivity contribution in [2.45, 2.75) is 25.3 Å². The van der Waals surface area contributed by atoms with Crippen LogP contribution in [0, 0.1) is 0 Å². The first-order valence-electron chi connectivity index (χ1n) is 9.41. The highest BCUT2D eigenvalue weighted by molar-refractivity contribution is 7.92. The van der Waals surface area contributed by atoms with E-state index in [-0.39, 0.29) is 22.7 Å². The van der Waals surface area contributed by atoms with Crippen LogP contribution in [-0.2, 0) is 16.6 Å². The van der Waals surface area contributed by atoms with Crippen LogP contribution >= 0.6 is 0 Å². The Kier molecular flexibility index (Phi) is 6.64. The molecule has 0 spiro atoms. The molecule has 6 nitrogen and oxygen atoms in total. The summed E-state index contributed by atoms with van der Waals surface area (Å²) in [5.74, 6) is -0.479. The molecule has 30 heavy (non-hydrogen) atoms. The molecule has 0 unspecified atom stereocenters. The van der Waals surface area contributed by atoms with Gasteiger partial charge >= 0.3 is 0 Å². The third-order valence-corrected chi connectivity index (χ3v) is 6.07. The van der Waals surface area contributed by atoms with Gasteiger partial charge in [0, 0.05) is 5.71 Å². The number of amides is 1. The van der Waals surface area contributed by atoms with E-state index in [1.54, 1.807) is 68.4 Å². The molecule has 3 aromatic rings. The van der Waals surface area contributed by atoms with Crippen LogP contribution in [-0.4, -0.2) is 20.0 Å².